The summed E-state index contributed by atoms with van der Waals surface area (Å²) in [5.74, 6) is 0. The Labute approximate surface area is 101 Å². The summed E-state index contributed by atoms with van der Waals surface area (Å²) in [6, 6.07) is 9.96. The van der Waals surface area contributed by atoms with E-state index in [0.717, 1.165) is 17.2 Å². The first-order chi connectivity index (χ1) is 7.96. The number of nitrogens with zero attached hydrogens (tertiary/aromatic N) is 1. The van der Waals surface area contributed by atoms with Crippen LogP contribution >= 0.6 is 0 Å². The first kappa shape index (κ1) is 12.1. The molecule has 0 aliphatic heterocycles. The zero-order chi connectivity index (χ0) is 12.5. The maximum Gasteiger partial charge on any atom is 0.264 e. The predicted octanol–water partition coefficient (Wildman–Crippen LogP) is 2.01. The van der Waals surface area contributed by atoms with Crippen LogP contribution in [0.15, 0.2) is 36.5 Å². The SMILES string of the molecule is C[C@@H](Cn1ccc2ccccc21)OS(C)(=O)=O. The van der Waals surface area contributed by atoms with Gasteiger partial charge in [-0.3, -0.25) is 4.18 Å². The summed E-state index contributed by atoms with van der Waals surface area (Å²) in [5.41, 5.74) is 1.08. The highest BCUT2D eigenvalue weighted by Crippen LogP contribution is 2.16. The minimum absolute atomic E-state index is 0.374. The highest BCUT2D eigenvalue weighted by Gasteiger charge is 2.11. The van der Waals surface area contributed by atoms with Crippen LogP contribution in [0.25, 0.3) is 10.9 Å². The number of aromatic nitrogens is 1. The number of hydrogen-bond donors (Lipinski definition) is 0. The smallest absolute Gasteiger partial charge is 0.264 e. The molecule has 1 aromatic heterocycles. The maximum absolute atomic E-state index is 11.0. The van der Waals surface area contributed by atoms with Crippen molar-refractivity contribution in [1.29, 1.82) is 0 Å². The lowest BCUT2D eigenvalue weighted by Gasteiger charge is -2.12. The standard InChI is InChI=1S/C12H15NO3S/c1-10(16-17(2,14)15)9-13-8-7-11-5-3-4-6-12(11)13/h3-8,10H,9H2,1-2H3/t10-/m0/s1. The molecule has 0 N–H and O–H groups in total. The highest BCUT2D eigenvalue weighted by atomic mass is 32.2. The van der Waals surface area contributed by atoms with E-state index in [-0.39, 0.29) is 6.10 Å². The molecule has 1 aromatic carbocycles. The van der Waals surface area contributed by atoms with Crippen molar-refractivity contribution in [3.05, 3.63) is 36.5 Å². The van der Waals surface area contributed by atoms with E-state index >= 15 is 0 Å². The van der Waals surface area contributed by atoms with Gasteiger partial charge in [0, 0.05) is 11.7 Å². The Morgan fingerprint density at radius 3 is 2.71 bits per heavy atom. The lowest BCUT2D eigenvalue weighted by Crippen LogP contribution is -2.19. The third-order valence-electron chi connectivity index (χ3n) is 2.47. The normalized spacial score (nSPS) is 14.0. The predicted molar refractivity (Wildman–Crippen MR) is 67.3 cm³/mol. The molecule has 4 nitrogen and oxygen atoms in total. The van der Waals surface area contributed by atoms with Crippen LogP contribution in [-0.2, 0) is 20.8 Å². The number of benzene rings is 1. The average Bonchev–Trinajstić information content (AvgIpc) is 2.59. The Bertz CT molecular complexity index is 615. The summed E-state index contributed by atoms with van der Waals surface area (Å²) in [5, 5.41) is 1.14. The van der Waals surface area contributed by atoms with Gasteiger partial charge in [0.25, 0.3) is 10.1 Å². The highest BCUT2D eigenvalue weighted by molar-refractivity contribution is 7.86. The van der Waals surface area contributed by atoms with Crippen molar-refractivity contribution in [2.24, 2.45) is 0 Å². The van der Waals surface area contributed by atoms with Gasteiger partial charge < -0.3 is 4.57 Å². The van der Waals surface area contributed by atoms with Gasteiger partial charge >= 0.3 is 0 Å². The average molecular weight is 253 g/mol. The van der Waals surface area contributed by atoms with Crippen molar-refractivity contribution >= 4 is 21.0 Å². The minimum atomic E-state index is -3.39. The summed E-state index contributed by atoms with van der Waals surface area (Å²) < 4.78 is 28.9. The van der Waals surface area contributed by atoms with E-state index in [2.05, 4.69) is 0 Å². The fourth-order valence-electron chi connectivity index (χ4n) is 1.91. The van der Waals surface area contributed by atoms with Gasteiger partial charge in [0.2, 0.25) is 0 Å². The van der Waals surface area contributed by atoms with E-state index in [4.69, 9.17) is 4.18 Å². The molecule has 5 heteroatoms. The molecule has 0 aliphatic rings. The first-order valence-corrected chi connectivity index (χ1v) is 7.19. The molecule has 1 atom stereocenters. The quantitative estimate of drug-likeness (QED) is 0.783. The van der Waals surface area contributed by atoms with Crippen molar-refractivity contribution < 1.29 is 12.6 Å². The molecule has 0 unspecified atom stereocenters. The summed E-state index contributed by atoms with van der Waals surface area (Å²) in [6.45, 7) is 2.26. The van der Waals surface area contributed by atoms with E-state index < -0.39 is 10.1 Å². The lowest BCUT2D eigenvalue weighted by atomic mass is 10.2. The van der Waals surface area contributed by atoms with Crippen LogP contribution in [-0.4, -0.2) is 25.3 Å². The Morgan fingerprint density at radius 1 is 1.29 bits per heavy atom. The van der Waals surface area contributed by atoms with Crippen LogP contribution in [0.2, 0.25) is 0 Å². The van der Waals surface area contributed by atoms with Crippen LogP contribution in [0, 0.1) is 0 Å². The van der Waals surface area contributed by atoms with Gasteiger partial charge in [0.05, 0.1) is 18.9 Å². The van der Waals surface area contributed by atoms with E-state index in [1.54, 1.807) is 6.92 Å². The molecule has 92 valence electrons. The molecule has 0 bridgehead atoms. The molecule has 2 aromatic rings. The molecule has 0 amide bonds. The molecule has 17 heavy (non-hydrogen) atoms. The van der Waals surface area contributed by atoms with Crippen LogP contribution in [0.5, 0.6) is 0 Å². The van der Waals surface area contributed by atoms with E-state index in [1.165, 1.54) is 0 Å². The summed E-state index contributed by atoms with van der Waals surface area (Å²) >= 11 is 0. The second-order valence-electron chi connectivity index (χ2n) is 4.14. The molecule has 0 spiro atoms. The molecule has 1 heterocycles. The second-order valence-corrected chi connectivity index (χ2v) is 5.74. The molecular formula is C12H15NO3S. The molecule has 0 radical (unpaired) electrons. The number of fused-ring (bicyclic) bond motifs is 1. The topological polar surface area (TPSA) is 48.3 Å². The Kier molecular flexibility index (Phi) is 3.22. The van der Waals surface area contributed by atoms with E-state index in [0.29, 0.717) is 6.54 Å². The Balaban J connectivity index is 2.19. The largest absolute Gasteiger partial charge is 0.345 e. The zero-order valence-electron chi connectivity index (χ0n) is 9.83. The van der Waals surface area contributed by atoms with Gasteiger partial charge in [0.15, 0.2) is 0 Å². The van der Waals surface area contributed by atoms with Crippen molar-refractivity contribution in [3.63, 3.8) is 0 Å². The Hall–Kier alpha value is -1.33. The molecular weight excluding hydrogens is 238 g/mol. The number of rotatable bonds is 4. The van der Waals surface area contributed by atoms with Crippen molar-refractivity contribution in [2.75, 3.05) is 6.26 Å². The lowest BCUT2D eigenvalue weighted by molar-refractivity contribution is 0.211. The van der Waals surface area contributed by atoms with Gasteiger partial charge in [-0.25, -0.2) is 0 Å². The summed E-state index contributed by atoms with van der Waals surface area (Å²) in [4.78, 5) is 0. The number of para-hydroxylation sites is 1. The maximum atomic E-state index is 11.0. The van der Waals surface area contributed by atoms with Crippen LogP contribution in [0.1, 0.15) is 6.92 Å². The van der Waals surface area contributed by atoms with Gasteiger partial charge in [-0.05, 0) is 24.4 Å². The summed E-state index contributed by atoms with van der Waals surface area (Å²) in [6.07, 6.45) is 2.63. The zero-order valence-corrected chi connectivity index (χ0v) is 10.6. The third-order valence-corrected chi connectivity index (χ3v) is 3.15. The van der Waals surface area contributed by atoms with Gasteiger partial charge in [0.1, 0.15) is 0 Å². The van der Waals surface area contributed by atoms with Crippen molar-refractivity contribution in [1.82, 2.24) is 4.57 Å². The van der Waals surface area contributed by atoms with Crippen LogP contribution < -0.4 is 0 Å². The van der Waals surface area contributed by atoms with Crippen LogP contribution in [0.4, 0.5) is 0 Å². The van der Waals surface area contributed by atoms with E-state index in [1.807, 2.05) is 41.1 Å². The fraction of sp³-hybridized carbons (Fsp3) is 0.333. The fourth-order valence-corrected chi connectivity index (χ4v) is 2.56. The van der Waals surface area contributed by atoms with Crippen LogP contribution in [0.3, 0.4) is 0 Å². The molecule has 2 rings (SSSR count). The number of hydrogen-bond acceptors (Lipinski definition) is 3. The molecule has 0 saturated heterocycles. The minimum Gasteiger partial charge on any atom is -0.345 e. The van der Waals surface area contributed by atoms with Gasteiger partial charge in [-0.1, -0.05) is 18.2 Å². The first-order valence-electron chi connectivity index (χ1n) is 5.38. The van der Waals surface area contributed by atoms with Crippen molar-refractivity contribution in [2.45, 2.75) is 19.6 Å². The monoisotopic (exact) mass is 253 g/mol. The summed E-state index contributed by atoms with van der Waals surface area (Å²) in [7, 11) is -3.39. The second kappa shape index (κ2) is 4.50. The third kappa shape index (κ3) is 3.08. The molecule has 0 saturated carbocycles. The van der Waals surface area contributed by atoms with Crippen molar-refractivity contribution in [3.8, 4) is 0 Å². The van der Waals surface area contributed by atoms with E-state index in [9.17, 15) is 8.42 Å². The van der Waals surface area contributed by atoms with Gasteiger partial charge in [-0.2, -0.15) is 8.42 Å². The Morgan fingerprint density at radius 2 is 2.00 bits per heavy atom. The molecule has 0 fully saturated rings. The van der Waals surface area contributed by atoms with Gasteiger partial charge in [-0.15, -0.1) is 0 Å². The molecule has 0 aliphatic carbocycles.